The Morgan fingerprint density at radius 2 is 1.95 bits per heavy atom. The first-order chi connectivity index (χ1) is 10.6. The summed E-state index contributed by atoms with van der Waals surface area (Å²) in [6, 6.07) is 6.00. The fourth-order valence-corrected chi connectivity index (χ4v) is 2.39. The van der Waals surface area contributed by atoms with E-state index in [-0.39, 0.29) is 23.8 Å². The van der Waals surface area contributed by atoms with Gasteiger partial charge in [-0.2, -0.15) is 0 Å². The number of non-ortho nitro benzene ring substituents is 1. The van der Waals surface area contributed by atoms with E-state index in [2.05, 4.69) is 0 Å². The molecule has 0 atom stereocenters. The maximum absolute atomic E-state index is 11.9. The molecule has 0 bridgehead atoms. The van der Waals surface area contributed by atoms with Crippen LogP contribution in [-0.4, -0.2) is 34.6 Å². The van der Waals surface area contributed by atoms with Crippen LogP contribution in [0.3, 0.4) is 0 Å². The van der Waals surface area contributed by atoms with Crippen molar-refractivity contribution in [2.24, 2.45) is 0 Å². The van der Waals surface area contributed by atoms with Crippen LogP contribution in [-0.2, 0) is 9.59 Å². The summed E-state index contributed by atoms with van der Waals surface area (Å²) in [5.74, 6) is -0.435. The van der Waals surface area contributed by atoms with Gasteiger partial charge in [0.05, 0.1) is 11.3 Å². The molecule has 0 spiro atoms. The number of ketones is 1. The number of amides is 1. The van der Waals surface area contributed by atoms with Crippen molar-refractivity contribution in [3.8, 4) is 0 Å². The van der Waals surface area contributed by atoms with Crippen molar-refractivity contribution in [3.05, 3.63) is 46.0 Å². The highest BCUT2D eigenvalue weighted by Crippen LogP contribution is 2.14. The molecule has 0 aromatic heterocycles. The Bertz CT molecular complexity index is 604. The van der Waals surface area contributed by atoms with Crippen LogP contribution >= 0.6 is 0 Å². The molecule has 1 aromatic carbocycles. The van der Waals surface area contributed by atoms with E-state index < -0.39 is 4.92 Å². The van der Waals surface area contributed by atoms with Crippen molar-refractivity contribution < 1.29 is 14.5 Å². The van der Waals surface area contributed by atoms with E-state index in [9.17, 15) is 19.7 Å². The molecule has 1 fully saturated rings. The number of nitro benzene ring substituents is 1. The highest BCUT2D eigenvalue weighted by molar-refractivity contribution is 6.05. The van der Waals surface area contributed by atoms with E-state index in [1.54, 1.807) is 17.0 Å². The number of nitro groups is 1. The van der Waals surface area contributed by atoms with Gasteiger partial charge >= 0.3 is 0 Å². The third kappa shape index (κ3) is 4.51. The number of nitrogens with zero attached hydrogens (tertiary/aromatic N) is 2. The van der Waals surface area contributed by atoms with E-state index in [1.807, 2.05) is 0 Å². The lowest BCUT2D eigenvalue weighted by atomic mass is 10.1. The summed E-state index contributed by atoms with van der Waals surface area (Å²) in [4.78, 5) is 35.7. The van der Waals surface area contributed by atoms with Gasteiger partial charge < -0.3 is 4.90 Å². The van der Waals surface area contributed by atoms with Crippen LogP contribution in [0.15, 0.2) is 30.3 Å². The van der Waals surface area contributed by atoms with Crippen LogP contribution in [0.4, 0.5) is 5.69 Å². The molecule has 1 aliphatic rings. The molecule has 0 radical (unpaired) electrons. The van der Waals surface area contributed by atoms with Gasteiger partial charge in [0.2, 0.25) is 5.91 Å². The standard InChI is InChI=1S/C16H18N2O4/c19-15(12-16(20)17-9-2-1-3-10-17)8-7-13-5-4-6-14(11-13)18(21)22/h4-8,11H,1-3,9-10,12H2. The van der Waals surface area contributed by atoms with Gasteiger partial charge in [0.15, 0.2) is 5.78 Å². The average Bonchev–Trinajstić information content (AvgIpc) is 2.54. The second kappa shape index (κ2) is 7.49. The monoisotopic (exact) mass is 302 g/mol. The Morgan fingerprint density at radius 1 is 1.23 bits per heavy atom. The zero-order chi connectivity index (χ0) is 15.9. The third-order valence-corrected chi connectivity index (χ3v) is 3.58. The van der Waals surface area contributed by atoms with Crippen LogP contribution in [0.25, 0.3) is 6.08 Å². The minimum atomic E-state index is -0.487. The van der Waals surface area contributed by atoms with Crippen LogP contribution in [0, 0.1) is 10.1 Å². The van der Waals surface area contributed by atoms with Gasteiger partial charge in [-0.1, -0.05) is 18.2 Å². The zero-order valence-electron chi connectivity index (χ0n) is 12.2. The van der Waals surface area contributed by atoms with Gasteiger partial charge in [0.25, 0.3) is 5.69 Å². The maximum atomic E-state index is 11.9. The molecule has 116 valence electrons. The minimum Gasteiger partial charge on any atom is -0.342 e. The molecule has 0 aliphatic carbocycles. The van der Waals surface area contributed by atoms with Crippen LogP contribution in [0.1, 0.15) is 31.2 Å². The SMILES string of the molecule is O=C(C=Cc1cccc([N+](=O)[O-])c1)CC(=O)N1CCCCC1. The smallest absolute Gasteiger partial charge is 0.270 e. The lowest BCUT2D eigenvalue weighted by Crippen LogP contribution is -2.36. The van der Waals surface area contributed by atoms with Gasteiger partial charge in [-0.05, 0) is 30.9 Å². The third-order valence-electron chi connectivity index (χ3n) is 3.58. The molecule has 0 saturated carbocycles. The fourth-order valence-electron chi connectivity index (χ4n) is 2.39. The summed E-state index contributed by atoms with van der Waals surface area (Å²) in [7, 11) is 0. The van der Waals surface area contributed by atoms with Gasteiger partial charge in [-0.3, -0.25) is 19.7 Å². The first kappa shape index (κ1) is 15.9. The lowest BCUT2D eigenvalue weighted by molar-refractivity contribution is -0.384. The predicted octanol–water partition coefficient (Wildman–Crippen LogP) is 2.58. The van der Waals surface area contributed by atoms with Gasteiger partial charge in [0.1, 0.15) is 0 Å². The van der Waals surface area contributed by atoms with Crippen molar-refractivity contribution >= 4 is 23.5 Å². The van der Waals surface area contributed by atoms with E-state index in [1.165, 1.54) is 24.3 Å². The van der Waals surface area contributed by atoms with Crippen molar-refractivity contribution in [3.63, 3.8) is 0 Å². The number of piperidine rings is 1. The topological polar surface area (TPSA) is 80.5 Å². The first-order valence-electron chi connectivity index (χ1n) is 7.29. The molecule has 6 nitrogen and oxygen atoms in total. The van der Waals surface area contributed by atoms with Gasteiger partial charge in [-0.25, -0.2) is 0 Å². The van der Waals surface area contributed by atoms with Crippen molar-refractivity contribution in [1.82, 2.24) is 4.90 Å². The highest BCUT2D eigenvalue weighted by Gasteiger charge is 2.18. The van der Waals surface area contributed by atoms with Gasteiger partial charge in [0, 0.05) is 25.2 Å². The van der Waals surface area contributed by atoms with Crippen LogP contribution < -0.4 is 0 Å². The Morgan fingerprint density at radius 3 is 2.64 bits per heavy atom. The number of carbonyl (C=O) groups is 2. The van der Waals surface area contributed by atoms with E-state index >= 15 is 0 Å². The number of likely N-dealkylation sites (tertiary alicyclic amines) is 1. The molecule has 1 aromatic rings. The molecule has 1 heterocycles. The molecular weight excluding hydrogens is 284 g/mol. The maximum Gasteiger partial charge on any atom is 0.270 e. The summed E-state index contributed by atoms with van der Waals surface area (Å²) in [6.45, 7) is 1.45. The van der Waals surface area contributed by atoms with Gasteiger partial charge in [-0.15, -0.1) is 0 Å². The summed E-state index contributed by atoms with van der Waals surface area (Å²) in [5.41, 5.74) is 0.534. The molecule has 1 aliphatic heterocycles. The Hall–Kier alpha value is -2.50. The number of allylic oxidation sites excluding steroid dienone is 1. The molecule has 1 saturated heterocycles. The quantitative estimate of drug-likeness (QED) is 0.362. The van der Waals surface area contributed by atoms with Crippen molar-refractivity contribution in [2.45, 2.75) is 25.7 Å². The van der Waals surface area contributed by atoms with E-state index in [0.717, 1.165) is 32.4 Å². The normalized spacial score (nSPS) is 15.0. The average molecular weight is 302 g/mol. The summed E-state index contributed by atoms with van der Waals surface area (Å²) in [6.07, 6.45) is 5.77. The number of hydrogen-bond acceptors (Lipinski definition) is 4. The van der Waals surface area contributed by atoms with E-state index in [0.29, 0.717) is 5.56 Å². The minimum absolute atomic E-state index is 0.0287. The summed E-state index contributed by atoms with van der Waals surface area (Å²) >= 11 is 0. The predicted molar refractivity (Wildman–Crippen MR) is 82.2 cm³/mol. The summed E-state index contributed by atoms with van der Waals surface area (Å²) in [5, 5.41) is 10.7. The van der Waals surface area contributed by atoms with Crippen LogP contribution in [0.5, 0.6) is 0 Å². The molecule has 0 N–H and O–H groups in total. The Labute approximate surface area is 128 Å². The molecule has 22 heavy (non-hydrogen) atoms. The Kier molecular flexibility index (Phi) is 5.41. The zero-order valence-corrected chi connectivity index (χ0v) is 12.2. The number of carbonyl (C=O) groups excluding carboxylic acids is 2. The molecule has 2 rings (SSSR count). The molecule has 1 amide bonds. The largest absolute Gasteiger partial charge is 0.342 e. The number of rotatable bonds is 5. The fraction of sp³-hybridized carbons (Fsp3) is 0.375. The second-order valence-corrected chi connectivity index (χ2v) is 5.27. The Balaban J connectivity index is 1.92. The van der Waals surface area contributed by atoms with E-state index in [4.69, 9.17) is 0 Å². The number of hydrogen-bond donors (Lipinski definition) is 0. The number of benzene rings is 1. The molecular formula is C16H18N2O4. The molecule has 6 heteroatoms. The second-order valence-electron chi connectivity index (χ2n) is 5.27. The lowest BCUT2D eigenvalue weighted by Gasteiger charge is -2.26. The van der Waals surface area contributed by atoms with Crippen LogP contribution in [0.2, 0.25) is 0 Å². The summed E-state index contributed by atoms with van der Waals surface area (Å²) < 4.78 is 0. The first-order valence-corrected chi connectivity index (χ1v) is 7.29. The molecule has 0 unspecified atom stereocenters. The highest BCUT2D eigenvalue weighted by atomic mass is 16.6. The van der Waals surface area contributed by atoms with Crippen molar-refractivity contribution in [1.29, 1.82) is 0 Å². The van der Waals surface area contributed by atoms with Crippen molar-refractivity contribution in [2.75, 3.05) is 13.1 Å².